The number of carbonyl (C=O) groups excluding carboxylic acids is 2. The lowest BCUT2D eigenvalue weighted by molar-refractivity contribution is -0.124. The second kappa shape index (κ2) is 11.0. The summed E-state index contributed by atoms with van der Waals surface area (Å²) in [4.78, 5) is 24.8. The van der Waals surface area contributed by atoms with Gasteiger partial charge in [-0.25, -0.2) is 0 Å². The van der Waals surface area contributed by atoms with Crippen molar-refractivity contribution in [3.8, 4) is 0 Å². The largest absolute Gasteiger partial charge is 0.361 e. The van der Waals surface area contributed by atoms with Gasteiger partial charge in [0.25, 0.3) is 11.8 Å². The van der Waals surface area contributed by atoms with Crippen LogP contribution in [0.3, 0.4) is 0 Å². The minimum absolute atomic E-state index is 0.120. The third-order valence-electron chi connectivity index (χ3n) is 3.66. The molecular formula is C18H27ClN4O2S. The summed E-state index contributed by atoms with van der Waals surface area (Å²) < 4.78 is 0. The maximum atomic E-state index is 12.4. The van der Waals surface area contributed by atoms with Crippen molar-refractivity contribution in [1.29, 1.82) is 0 Å². The quantitative estimate of drug-likeness (QED) is 0.419. The van der Waals surface area contributed by atoms with Crippen LogP contribution in [-0.4, -0.2) is 29.5 Å². The van der Waals surface area contributed by atoms with E-state index >= 15 is 0 Å². The van der Waals surface area contributed by atoms with Crippen molar-refractivity contribution in [2.24, 2.45) is 11.8 Å². The summed E-state index contributed by atoms with van der Waals surface area (Å²) in [5.41, 5.74) is 5.52. The number of thiocarbonyl (C=S) groups is 1. The molecule has 6 nitrogen and oxygen atoms in total. The lowest BCUT2D eigenvalue weighted by atomic mass is 10.0. The average Bonchev–Trinajstić information content (AvgIpc) is 2.57. The zero-order valence-corrected chi connectivity index (χ0v) is 17.1. The minimum Gasteiger partial charge on any atom is -0.361 e. The molecule has 8 heteroatoms. The molecule has 0 bridgehead atoms. The summed E-state index contributed by atoms with van der Waals surface area (Å²) in [6.45, 7) is 8.65. The van der Waals surface area contributed by atoms with E-state index in [4.69, 9.17) is 23.8 Å². The number of hydrazine groups is 1. The number of halogens is 1. The normalized spacial score (nSPS) is 11.8. The average molecular weight is 399 g/mol. The standard InChI is InChI=1S/C18H27ClN4O2S/c1-11(2)9-10-20-18(26)23-22-17(25)15(12(3)4)21-16(24)13-7-5-6-8-14(13)19/h5-8,11-12,15H,9-10H2,1-4H3,(H,21,24)(H,22,25)(H2,20,23,26)/t15-/m0/s1. The fourth-order valence-electron chi connectivity index (χ4n) is 2.11. The fourth-order valence-corrected chi connectivity index (χ4v) is 2.49. The van der Waals surface area contributed by atoms with Crippen molar-refractivity contribution in [2.45, 2.75) is 40.2 Å². The molecule has 144 valence electrons. The molecule has 1 atom stereocenters. The van der Waals surface area contributed by atoms with Gasteiger partial charge in [0, 0.05) is 6.54 Å². The van der Waals surface area contributed by atoms with Gasteiger partial charge in [-0.3, -0.25) is 20.4 Å². The Balaban J connectivity index is 2.58. The molecular weight excluding hydrogens is 372 g/mol. The highest BCUT2D eigenvalue weighted by Crippen LogP contribution is 2.15. The lowest BCUT2D eigenvalue weighted by Crippen LogP contribution is -2.55. The van der Waals surface area contributed by atoms with Crippen LogP contribution in [0.1, 0.15) is 44.5 Å². The van der Waals surface area contributed by atoms with Crippen LogP contribution in [0.15, 0.2) is 24.3 Å². The Bertz CT molecular complexity index is 637. The second-order valence-electron chi connectivity index (χ2n) is 6.73. The van der Waals surface area contributed by atoms with Crippen LogP contribution in [0.25, 0.3) is 0 Å². The van der Waals surface area contributed by atoms with E-state index in [2.05, 4.69) is 35.3 Å². The first-order chi connectivity index (χ1) is 12.2. The van der Waals surface area contributed by atoms with Gasteiger partial charge in [0.2, 0.25) is 0 Å². The van der Waals surface area contributed by atoms with Crippen molar-refractivity contribution in [2.75, 3.05) is 6.54 Å². The van der Waals surface area contributed by atoms with Crippen LogP contribution in [-0.2, 0) is 4.79 Å². The number of hydrogen-bond donors (Lipinski definition) is 4. The van der Waals surface area contributed by atoms with Crippen LogP contribution < -0.4 is 21.5 Å². The molecule has 26 heavy (non-hydrogen) atoms. The number of carbonyl (C=O) groups is 2. The van der Waals surface area contributed by atoms with E-state index in [1.165, 1.54) is 0 Å². The monoisotopic (exact) mass is 398 g/mol. The van der Waals surface area contributed by atoms with E-state index in [0.717, 1.165) is 13.0 Å². The van der Waals surface area contributed by atoms with Gasteiger partial charge < -0.3 is 10.6 Å². The Morgan fingerprint density at radius 1 is 1.12 bits per heavy atom. The second-order valence-corrected chi connectivity index (χ2v) is 7.54. The Hall–Kier alpha value is -1.86. The van der Waals surface area contributed by atoms with Gasteiger partial charge in [0.15, 0.2) is 5.11 Å². The highest BCUT2D eigenvalue weighted by atomic mass is 35.5. The number of amides is 2. The van der Waals surface area contributed by atoms with E-state index in [1.54, 1.807) is 24.3 Å². The summed E-state index contributed by atoms with van der Waals surface area (Å²) >= 11 is 11.2. The number of rotatable bonds is 7. The van der Waals surface area contributed by atoms with Crippen LogP contribution in [0, 0.1) is 11.8 Å². The molecule has 0 saturated heterocycles. The molecule has 1 aromatic rings. The van der Waals surface area contributed by atoms with E-state index in [9.17, 15) is 9.59 Å². The third kappa shape index (κ3) is 7.58. The minimum atomic E-state index is -0.732. The molecule has 0 aliphatic carbocycles. The summed E-state index contributed by atoms with van der Waals surface area (Å²) in [6.07, 6.45) is 0.971. The van der Waals surface area contributed by atoms with Crippen LogP contribution in [0.4, 0.5) is 0 Å². The van der Waals surface area contributed by atoms with E-state index < -0.39 is 11.9 Å². The SMILES string of the molecule is CC(C)CCNC(=S)NNC(=O)[C@@H](NC(=O)c1ccccc1Cl)C(C)C. The first-order valence-corrected chi connectivity index (χ1v) is 9.40. The van der Waals surface area contributed by atoms with E-state index in [-0.39, 0.29) is 11.8 Å². The summed E-state index contributed by atoms with van der Waals surface area (Å²) in [5, 5.41) is 6.40. The molecule has 0 aromatic heterocycles. The van der Waals surface area contributed by atoms with Crippen LogP contribution >= 0.6 is 23.8 Å². The maximum absolute atomic E-state index is 12.4. The molecule has 0 aliphatic rings. The number of nitrogens with one attached hydrogen (secondary N) is 4. The molecule has 4 N–H and O–H groups in total. The highest BCUT2D eigenvalue weighted by Gasteiger charge is 2.25. The van der Waals surface area contributed by atoms with Gasteiger partial charge in [-0.1, -0.05) is 51.4 Å². The molecule has 1 rings (SSSR count). The predicted octanol–water partition coefficient (Wildman–Crippen LogP) is 2.64. The Morgan fingerprint density at radius 2 is 1.77 bits per heavy atom. The van der Waals surface area contributed by atoms with Gasteiger partial charge in [0.1, 0.15) is 6.04 Å². The Morgan fingerprint density at radius 3 is 2.35 bits per heavy atom. The van der Waals surface area contributed by atoms with Gasteiger partial charge in [-0.2, -0.15) is 0 Å². The zero-order valence-electron chi connectivity index (χ0n) is 15.6. The Labute approximate surface area is 165 Å². The summed E-state index contributed by atoms with van der Waals surface area (Å²) in [5.74, 6) is -0.341. The molecule has 0 radical (unpaired) electrons. The predicted molar refractivity (Wildman–Crippen MR) is 109 cm³/mol. The topological polar surface area (TPSA) is 82.3 Å². The van der Waals surface area contributed by atoms with Gasteiger partial charge in [-0.05, 0) is 42.6 Å². The molecule has 2 amide bonds. The van der Waals surface area contributed by atoms with Crippen LogP contribution in [0.5, 0.6) is 0 Å². The molecule has 1 aromatic carbocycles. The first kappa shape index (κ1) is 22.2. The molecule has 0 fully saturated rings. The molecule has 0 unspecified atom stereocenters. The van der Waals surface area contributed by atoms with Crippen molar-refractivity contribution in [3.05, 3.63) is 34.9 Å². The molecule has 0 spiro atoms. The third-order valence-corrected chi connectivity index (χ3v) is 4.24. The van der Waals surface area contributed by atoms with E-state index in [0.29, 0.717) is 21.6 Å². The van der Waals surface area contributed by atoms with Crippen molar-refractivity contribution in [1.82, 2.24) is 21.5 Å². The molecule has 0 heterocycles. The zero-order chi connectivity index (χ0) is 19.7. The van der Waals surface area contributed by atoms with E-state index in [1.807, 2.05) is 13.8 Å². The number of hydrogen-bond acceptors (Lipinski definition) is 3. The van der Waals surface area contributed by atoms with Crippen molar-refractivity contribution < 1.29 is 9.59 Å². The highest BCUT2D eigenvalue weighted by molar-refractivity contribution is 7.80. The Kier molecular flexibility index (Phi) is 9.37. The maximum Gasteiger partial charge on any atom is 0.261 e. The number of benzene rings is 1. The van der Waals surface area contributed by atoms with Crippen LogP contribution in [0.2, 0.25) is 5.02 Å². The van der Waals surface area contributed by atoms with Gasteiger partial charge >= 0.3 is 0 Å². The van der Waals surface area contributed by atoms with Gasteiger partial charge in [0.05, 0.1) is 10.6 Å². The molecule has 0 saturated carbocycles. The van der Waals surface area contributed by atoms with Crippen molar-refractivity contribution >= 4 is 40.7 Å². The summed E-state index contributed by atoms with van der Waals surface area (Å²) in [7, 11) is 0. The molecule has 0 aliphatic heterocycles. The summed E-state index contributed by atoms with van der Waals surface area (Å²) in [6, 6.07) is 5.96. The smallest absolute Gasteiger partial charge is 0.261 e. The lowest BCUT2D eigenvalue weighted by Gasteiger charge is -2.22. The first-order valence-electron chi connectivity index (χ1n) is 8.61. The van der Waals surface area contributed by atoms with Crippen molar-refractivity contribution in [3.63, 3.8) is 0 Å². The fraction of sp³-hybridized carbons (Fsp3) is 0.500. The van der Waals surface area contributed by atoms with Gasteiger partial charge in [-0.15, -0.1) is 0 Å².